The van der Waals surface area contributed by atoms with Crippen molar-refractivity contribution in [3.63, 3.8) is 0 Å². The molecule has 1 aliphatic rings. The maximum atomic E-state index is 13.2. The number of amides is 2. The maximum absolute atomic E-state index is 13.2. The minimum atomic E-state index is -0.322. The van der Waals surface area contributed by atoms with E-state index in [-0.39, 0.29) is 17.6 Å². The molecule has 1 N–H and O–H groups in total. The van der Waals surface area contributed by atoms with Gasteiger partial charge in [0.1, 0.15) is 5.82 Å². The Balaban J connectivity index is 1.27. The summed E-state index contributed by atoms with van der Waals surface area (Å²) in [4.78, 5) is 25.9. The van der Waals surface area contributed by atoms with Crippen LogP contribution in [-0.4, -0.2) is 39.2 Å². The lowest BCUT2D eigenvalue weighted by Gasteiger charge is -2.12. The third kappa shape index (κ3) is 3.90. The molecule has 142 valence electrons. The molecule has 9 heteroatoms. The average Bonchev–Trinajstić information content (AvgIpc) is 3.23. The molecule has 0 bridgehead atoms. The van der Waals surface area contributed by atoms with Gasteiger partial charge in [-0.2, -0.15) is 0 Å². The Kier molecular flexibility index (Phi) is 5.36. The number of hydrogen-bond donors (Lipinski definition) is 1. The fraction of sp³-hybridized carbons (Fsp3) is 0.158. The Hall–Kier alpha value is -2.78. The summed E-state index contributed by atoms with van der Waals surface area (Å²) < 4.78 is 14.0. The zero-order valence-corrected chi connectivity index (χ0v) is 16.2. The van der Waals surface area contributed by atoms with Gasteiger partial charge in [-0.15, -0.1) is 10.2 Å². The number of rotatable bonds is 7. The predicted octanol–water partition coefficient (Wildman–Crippen LogP) is 4.20. The van der Waals surface area contributed by atoms with Crippen molar-refractivity contribution in [2.24, 2.45) is 0 Å². The fourth-order valence-corrected chi connectivity index (χ4v) is 4.60. The first-order valence-corrected chi connectivity index (χ1v) is 10.4. The zero-order valence-electron chi connectivity index (χ0n) is 14.6. The Bertz CT molecular complexity index is 1010. The van der Waals surface area contributed by atoms with Gasteiger partial charge in [-0.1, -0.05) is 41.3 Å². The van der Waals surface area contributed by atoms with Crippen molar-refractivity contribution in [2.45, 2.75) is 10.8 Å². The van der Waals surface area contributed by atoms with E-state index in [0.717, 1.165) is 4.34 Å². The number of fused-ring (bicyclic) bond motifs is 1. The van der Waals surface area contributed by atoms with Crippen molar-refractivity contribution in [3.8, 4) is 0 Å². The van der Waals surface area contributed by atoms with Gasteiger partial charge >= 0.3 is 0 Å². The first kappa shape index (κ1) is 18.6. The number of carbonyl (C=O) groups excluding carboxylic acids is 2. The number of carbonyl (C=O) groups is 2. The minimum absolute atomic E-state index is 0.233. The van der Waals surface area contributed by atoms with E-state index in [0.29, 0.717) is 40.7 Å². The van der Waals surface area contributed by atoms with Gasteiger partial charge in [0.15, 0.2) is 4.34 Å². The molecule has 0 saturated heterocycles. The van der Waals surface area contributed by atoms with E-state index in [4.69, 9.17) is 0 Å². The highest BCUT2D eigenvalue weighted by Crippen LogP contribution is 2.29. The maximum Gasteiger partial charge on any atom is 0.261 e. The van der Waals surface area contributed by atoms with Crippen LogP contribution in [0.3, 0.4) is 0 Å². The molecule has 0 aliphatic carbocycles. The van der Waals surface area contributed by atoms with E-state index in [1.54, 1.807) is 36.4 Å². The molecule has 0 fully saturated rings. The molecule has 4 rings (SSSR count). The van der Waals surface area contributed by atoms with Gasteiger partial charge in [-0.25, -0.2) is 4.39 Å². The first-order chi connectivity index (χ1) is 13.6. The van der Waals surface area contributed by atoms with Crippen LogP contribution in [0.2, 0.25) is 0 Å². The highest BCUT2D eigenvalue weighted by atomic mass is 32.2. The number of hydrogen-bond acceptors (Lipinski definition) is 7. The van der Waals surface area contributed by atoms with Crippen LogP contribution >= 0.6 is 23.1 Å². The van der Waals surface area contributed by atoms with Gasteiger partial charge in [0.25, 0.3) is 11.8 Å². The lowest BCUT2D eigenvalue weighted by atomic mass is 10.1. The number of halogens is 1. The van der Waals surface area contributed by atoms with Crippen LogP contribution in [0.15, 0.2) is 52.9 Å². The molecular formula is C19H15FN4O2S2. The Morgan fingerprint density at radius 3 is 2.50 bits per heavy atom. The molecule has 0 unspecified atom stereocenters. The van der Waals surface area contributed by atoms with E-state index >= 15 is 0 Å². The highest BCUT2D eigenvalue weighted by molar-refractivity contribution is 8.01. The largest absolute Gasteiger partial charge is 0.330 e. The second kappa shape index (κ2) is 8.07. The normalized spacial score (nSPS) is 13.1. The summed E-state index contributed by atoms with van der Waals surface area (Å²) in [6, 6.07) is 13.0. The van der Waals surface area contributed by atoms with Crippen molar-refractivity contribution < 1.29 is 14.0 Å². The average molecular weight is 414 g/mol. The van der Waals surface area contributed by atoms with E-state index < -0.39 is 0 Å². The lowest BCUT2D eigenvalue weighted by molar-refractivity contribution is 0.0655. The summed E-state index contributed by atoms with van der Waals surface area (Å²) in [5, 5.41) is 11.7. The molecule has 0 spiro atoms. The van der Waals surface area contributed by atoms with Crippen LogP contribution in [0.25, 0.3) is 0 Å². The summed E-state index contributed by atoms with van der Waals surface area (Å²) >= 11 is 2.87. The number of nitrogens with one attached hydrogen (secondary N) is 1. The SMILES string of the molecule is O=C1c2ccccc2C(=O)N1CCCSc1nnc(Nc2cccc(F)c2)s1. The quantitative estimate of drug-likeness (QED) is 0.355. The first-order valence-electron chi connectivity index (χ1n) is 8.56. The van der Waals surface area contributed by atoms with Gasteiger partial charge in [-0.05, 0) is 36.8 Å². The third-order valence-electron chi connectivity index (χ3n) is 4.11. The highest BCUT2D eigenvalue weighted by Gasteiger charge is 2.34. The summed E-state index contributed by atoms with van der Waals surface area (Å²) in [5.41, 5.74) is 1.55. The van der Waals surface area contributed by atoms with Crippen LogP contribution in [0.4, 0.5) is 15.2 Å². The van der Waals surface area contributed by atoms with Crippen molar-refractivity contribution in [1.82, 2.24) is 15.1 Å². The van der Waals surface area contributed by atoms with Crippen LogP contribution < -0.4 is 5.32 Å². The van der Waals surface area contributed by atoms with Crippen molar-refractivity contribution >= 4 is 45.7 Å². The Labute approximate surface area is 168 Å². The number of benzene rings is 2. The van der Waals surface area contributed by atoms with Crippen molar-refractivity contribution in [2.75, 3.05) is 17.6 Å². The lowest BCUT2D eigenvalue weighted by Crippen LogP contribution is -2.30. The Morgan fingerprint density at radius 2 is 1.79 bits per heavy atom. The van der Waals surface area contributed by atoms with Crippen LogP contribution in [-0.2, 0) is 0 Å². The zero-order chi connectivity index (χ0) is 19.5. The molecule has 2 amide bonds. The molecule has 28 heavy (non-hydrogen) atoms. The van der Waals surface area contributed by atoms with Gasteiger partial charge in [0, 0.05) is 18.0 Å². The molecule has 0 atom stereocenters. The van der Waals surface area contributed by atoms with Gasteiger partial charge < -0.3 is 5.32 Å². The smallest absolute Gasteiger partial charge is 0.261 e. The van der Waals surface area contributed by atoms with E-state index in [2.05, 4.69) is 15.5 Å². The molecule has 0 radical (unpaired) electrons. The molecule has 6 nitrogen and oxygen atoms in total. The molecule has 0 saturated carbocycles. The van der Waals surface area contributed by atoms with E-state index in [1.807, 2.05) is 0 Å². The second-order valence-electron chi connectivity index (χ2n) is 6.02. The number of aromatic nitrogens is 2. The monoisotopic (exact) mass is 414 g/mol. The number of imide groups is 1. The van der Waals surface area contributed by atoms with Gasteiger partial charge in [0.05, 0.1) is 11.1 Å². The standard InChI is InChI=1S/C19H15FN4O2S2/c20-12-5-3-6-13(11-12)21-18-22-23-19(28-18)27-10-4-9-24-16(25)14-7-1-2-8-15(14)17(24)26/h1-3,5-8,11H,4,9-10H2,(H,21,22). The molecule has 1 aromatic heterocycles. The van der Waals surface area contributed by atoms with Crippen LogP contribution in [0.1, 0.15) is 27.1 Å². The van der Waals surface area contributed by atoms with Gasteiger partial charge in [0.2, 0.25) is 5.13 Å². The predicted molar refractivity (Wildman–Crippen MR) is 107 cm³/mol. The summed E-state index contributed by atoms with van der Waals surface area (Å²) in [7, 11) is 0. The van der Waals surface area contributed by atoms with Crippen LogP contribution in [0, 0.1) is 5.82 Å². The summed E-state index contributed by atoms with van der Waals surface area (Å²) in [6.45, 7) is 0.368. The fourth-order valence-electron chi connectivity index (χ4n) is 2.83. The van der Waals surface area contributed by atoms with Gasteiger partial charge in [-0.3, -0.25) is 14.5 Å². The minimum Gasteiger partial charge on any atom is -0.330 e. The third-order valence-corrected chi connectivity index (χ3v) is 6.17. The van der Waals surface area contributed by atoms with E-state index in [9.17, 15) is 14.0 Å². The number of thioether (sulfide) groups is 1. The molecule has 1 aliphatic heterocycles. The number of nitrogens with zero attached hydrogens (tertiary/aromatic N) is 3. The van der Waals surface area contributed by atoms with Crippen LogP contribution in [0.5, 0.6) is 0 Å². The second-order valence-corrected chi connectivity index (χ2v) is 8.34. The number of anilines is 2. The summed E-state index contributed by atoms with van der Waals surface area (Å²) in [6.07, 6.45) is 0.655. The summed E-state index contributed by atoms with van der Waals surface area (Å²) in [5.74, 6) is -0.0920. The Morgan fingerprint density at radius 1 is 1.04 bits per heavy atom. The van der Waals surface area contributed by atoms with E-state index in [1.165, 1.54) is 40.1 Å². The molecule has 2 aromatic carbocycles. The van der Waals surface area contributed by atoms with Crippen molar-refractivity contribution in [3.05, 3.63) is 65.5 Å². The van der Waals surface area contributed by atoms with Crippen molar-refractivity contribution in [1.29, 1.82) is 0 Å². The molecule has 3 aromatic rings. The molecule has 2 heterocycles. The topological polar surface area (TPSA) is 75.2 Å². The molecular weight excluding hydrogens is 399 g/mol.